The van der Waals surface area contributed by atoms with Crippen molar-refractivity contribution in [3.63, 3.8) is 0 Å². The fourth-order valence-electron chi connectivity index (χ4n) is 2.16. The Morgan fingerprint density at radius 3 is 1.93 bits per heavy atom. The Balaban J connectivity index is 2.46. The van der Waals surface area contributed by atoms with Gasteiger partial charge in [0, 0.05) is 6.07 Å². The Kier molecular flexibility index (Phi) is 5.57. The second-order valence-electron chi connectivity index (χ2n) is 5.08. The fourth-order valence-corrected chi connectivity index (χ4v) is 2.16. The van der Waals surface area contributed by atoms with E-state index < -0.39 is 75.1 Å². The van der Waals surface area contributed by atoms with E-state index in [1.807, 2.05) is 0 Å². The van der Waals surface area contributed by atoms with Crippen molar-refractivity contribution in [1.82, 2.24) is 0 Å². The zero-order chi connectivity index (χ0) is 21.4. The monoisotopic (exact) mass is 415 g/mol. The first-order valence-corrected chi connectivity index (χ1v) is 6.90. The van der Waals surface area contributed by atoms with Crippen LogP contribution in [0.2, 0.25) is 0 Å². The molecule has 2 aromatic carbocycles. The predicted octanol–water partition coefficient (Wildman–Crippen LogP) is 4.67. The van der Waals surface area contributed by atoms with Gasteiger partial charge in [0.05, 0.1) is 16.1 Å². The molecule has 5 nitrogen and oxygen atoms in total. The minimum atomic E-state index is -5.13. The highest BCUT2D eigenvalue weighted by molar-refractivity contribution is 5.90. The topological polar surface area (TPSA) is 69.4 Å². The third-order valence-corrected chi connectivity index (χ3v) is 3.41. The number of carbonyl (C=O) groups excluding carboxylic acids is 1. The van der Waals surface area contributed by atoms with E-state index in [-0.39, 0.29) is 0 Å². The van der Waals surface area contributed by atoms with Gasteiger partial charge in [0.15, 0.2) is 23.3 Å². The smallest absolute Gasteiger partial charge is 0.417 e. The fraction of sp³-hybridized carbons (Fsp3) is 0.133. The number of nitro benzene ring substituents is 1. The summed E-state index contributed by atoms with van der Waals surface area (Å²) in [5.74, 6) is -14.9. The number of nitro groups is 1. The summed E-state index contributed by atoms with van der Waals surface area (Å²) in [7, 11) is 0. The number of hydrogen-bond donors (Lipinski definition) is 0. The third-order valence-electron chi connectivity index (χ3n) is 3.41. The summed E-state index contributed by atoms with van der Waals surface area (Å²) in [5.41, 5.74) is -5.97. The SMILES string of the molecule is O=C(OCc1c([N+](=O)[O-])cccc1C(F)(F)F)c1c(F)c(F)c(F)c(F)c1F. The molecule has 0 aliphatic heterocycles. The van der Waals surface area contributed by atoms with Crippen LogP contribution in [-0.4, -0.2) is 10.9 Å². The van der Waals surface area contributed by atoms with Crippen LogP contribution in [0.3, 0.4) is 0 Å². The van der Waals surface area contributed by atoms with Gasteiger partial charge in [-0.1, -0.05) is 6.07 Å². The molecule has 0 unspecified atom stereocenters. The Labute approximate surface area is 149 Å². The Bertz CT molecular complexity index is 944. The van der Waals surface area contributed by atoms with Crippen LogP contribution < -0.4 is 0 Å². The Hall–Kier alpha value is -3.25. The van der Waals surface area contributed by atoms with Crippen LogP contribution in [0.5, 0.6) is 0 Å². The van der Waals surface area contributed by atoms with E-state index in [9.17, 15) is 50.0 Å². The van der Waals surface area contributed by atoms with E-state index in [0.29, 0.717) is 18.2 Å². The summed E-state index contributed by atoms with van der Waals surface area (Å²) in [6, 6.07) is 1.74. The Morgan fingerprint density at radius 1 is 0.964 bits per heavy atom. The molecule has 0 saturated heterocycles. The molecule has 2 rings (SSSR count). The van der Waals surface area contributed by atoms with Crippen LogP contribution in [0.4, 0.5) is 40.8 Å². The standard InChI is InChI=1S/C15H5F8NO4/c16-9-8(10(17)12(19)13(20)11(9)18)14(25)28-4-5-6(15(21,22)23)2-1-3-7(5)24(26)27/h1-3H,4H2. The van der Waals surface area contributed by atoms with Gasteiger partial charge in [0.25, 0.3) is 5.69 Å². The van der Waals surface area contributed by atoms with Gasteiger partial charge in [0.2, 0.25) is 5.82 Å². The molecule has 2 aromatic rings. The lowest BCUT2D eigenvalue weighted by molar-refractivity contribution is -0.386. The molecule has 0 aliphatic rings. The molecule has 0 spiro atoms. The highest BCUT2D eigenvalue weighted by atomic mass is 19.4. The number of hydrogen-bond acceptors (Lipinski definition) is 4. The summed E-state index contributed by atoms with van der Waals surface area (Å²) in [6.07, 6.45) is -5.13. The van der Waals surface area contributed by atoms with Crippen molar-refractivity contribution in [3.8, 4) is 0 Å². The van der Waals surface area contributed by atoms with E-state index in [2.05, 4.69) is 4.74 Å². The van der Waals surface area contributed by atoms with E-state index in [1.165, 1.54) is 0 Å². The maximum Gasteiger partial charge on any atom is 0.417 e. The highest BCUT2D eigenvalue weighted by Gasteiger charge is 2.37. The van der Waals surface area contributed by atoms with Gasteiger partial charge in [-0.3, -0.25) is 10.1 Å². The zero-order valence-electron chi connectivity index (χ0n) is 13.0. The first-order chi connectivity index (χ1) is 12.9. The lowest BCUT2D eigenvalue weighted by atomic mass is 10.1. The van der Waals surface area contributed by atoms with Crippen molar-refractivity contribution >= 4 is 11.7 Å². The van der Waals surface area contributed by atoms with Crippen LogP contribution in [0.25, 0.3) is 0 Å². The predicted molar refractivity (Wildman–Crippen MR) is 73.4 cm³/mol. The molecule has 0 bridgehead atoms. The quantitative estimate of drug-likeness (QED) is 0.182. The minimum absolute atomic E-state index is 0.411. The van der Waals surface area contributed by atoms with Crippen molar-refractivity contribution in [2.45, 2.75) is 12.8 Å². The van der Waals surface area contributed by atoms with Gasteiger partial charge in [-0.25, -0.2) is 26.7 Å². The average Bonchev–Trinajstić information content (AvgIpc) is 2.62. The molecule has 0 atom stereocenters. The second kappa shape index (κ2) is 7.40. The number of ether oxygens (including phenoxy) is 1. The lowest BCUT2D eigenvalue weighted by Crippen LogP contribution is -2.17. The van der Waals surface area contributed by atoms with Crippen LogP contribution in [0.15, 0.2) is 18.2 Å². The molecule has 0 amide bonds. The molecule has 0 fully saturated rings. The van der Waals surface area contributed by atoms with Gasteiger partial charge in [-0.2, -0.15) is 13.2 Å². The van der Waals surface area contributed by atoms with Crippen molar-refractivity contribution in [2.24, 2.45) is 0 Å². The summed E-state index contributed by atoms with van der Waals surface area (Å²) in [4.78, 5) is 21.4. The third kappa shape index (κ3) is 3.73. The summed E-state index contributed by atoms with van der Waals surface area (Å²) >= 11 is 0. The van der Waals surface area contributed by atoms with Gasteiger partial charge >= 0.3 is 12.1 Å². The van der Waals surface area contributed by atoms with Crippen molar-refractivity contribution in [3.05, 3.63) is 74.1 Å². The zero-order valence-corrected chi connectivity index (χ0v) is 13.0. The number of alkyl halides is 3. The molecule has 28 heavy (non-hydrogen) atoms. The number of rotatable bonds is 4. The van der Waals surface area contributed by atoms with Crippen molar-refractivity contribution in [2.75, 3.05) is 0 Å². The molecule has 0 N–H and O–H groups in total. The molecule has 0 aromatic heterocycles. The Morgan fingerprint density at radius 2 is 1.46 bits per heavy atom. The average molecular weight is 415 g/mol. The largest absolute Gasteiger partial charge is 0.457 e. The number of nitrogens with zero attached hydrogens (tertiary/aromatic N) is 1. The van der Waals surface area contributed by atoms with E-state index in [1.54, 1.807) is 0 Å². The van der Waals surface area contributed by atoms with Crippen molar-refractivity contribution in [1.29, 1.82) is 0 Å². The molecule has 13 heteroatoms. The van der Waals surface area contributed by atoms with Crippen LogP contribution in [-0.2, 0) is 17.5 Å². The van der Waals surface area contributed by atoms with Gasteiger partial charge in [-0.15, -0.1) is 0 Å². The van der Waals surface area contributed by atoms with Gasteiger partial charge in [0.1, 0.15) is 12.2 Å². The summed E-state index contributed by atoms with van der Waals surface area (Å²) in [6.45, 7) is -1.52. The number of halogens is 8. The maximum absolute atomic E-state index is 13.5. The highest BCUT2D eigenvalue weighted by Crippen LogP contribution is 2.36. The minimum Gasteiger partial charge on any atom is -0.457 e. The molecular formula is C15H5F8NO4. The van der Waals surface area contributed by atoms with Crippen LogP contribution in [0.1, 0.15) is 21.5 Å². The van der Waals surface area contributed by atoms with E-state index in [4.69, 9.17) is 0 Å². The lowest BCUT2D eigenvalue weighted by Gasteiger charge is -2.14. The van der Waals surface area contributed by atoms with Gasteiger partial charge in [-0.05, 0) is 6.07 Å². The number of carbonyl (C=O) groups is 1. The van der Waals surface area contributed by atoms with Gasteiger partial charge < -0.3 is 4.74 Å². The first-order valence-electron chi connectivity index (χ1n) is 6.90. The molecular weight excluding hydrogens is 410 g/mol. The summed E-state index contributed by atoms with van der Waals surface area (Å²) in [5, 5.41) is 10.9. The van der Waals surface area contributed by atoms with Crippen molar-refractivity contribution < 1.29 is 49.6 Å². The number of esters is 1. The second-order valence-corrected chi connectivity index (χ2v) is 5.08. The molecule has 0 saturated carbocycles. The molecule has 0 radical (unpaired) electrons. The molecule has 0 heterocycles. The first kappa shape index (κ1) is 21.1. The van der Waals surface area contributed by atoms with E-state index in [0.717, 1.165) is 0 Å². The van der Waals surface area contributed by atoms with E-state index >= 15 is 0 Å². The molecule has 150 valence electrons. The van der Waals surface area contributed by atoms with Crippen LogP contribution in [0, 0.1) is 39.2 Å². The van der Waals surface area contributed by atoms with Crippen LogP contribution >= 0.6 is 0 Å². The normalized spacial score (nSPS) is 11.4. The maximum atomic E-state index is 13.5. The molecule has 0 aliphatic carbocycles. The summed E-state index contributed by atoms with van der Waals surface area (Å²) < 4.78 is 109. The number of benzene rings is 2.